The fourth-order valence-corrected chi connectivity index (χ4v) is 2.06. The first-order valence-electron chi connectivity index (χ1n) is 4.32. The van der Waals surface area contributed by atoms with Crippen LogP contribution >= 0.6 is 22.6 Å². The molecule has 0 spiro atoms. The van der Waals surface area contributed by atoms with Crippen molar-refractivity contribution in [2.45, 2.75) is 26.7 Å². The Morgan fingerprint density at radius 2 is 2.00 bits per heavy atom. The van der Waals surface area contributed by atoms with Gasteiger partial charge in [0.1, 0.15) is 0 Å². The summed E-state index contributed by atoms with van der Waals surface area (Å²) >= 11 is 2.23. The van der Waals surface area contributed by atoms with Gasteiger partial charge in [-0.25, -0.2) is 0 Å². The normalized spacial score (nSPS) is 10.5. The second kappa shape index (κ2) is 4.22. The van der Waals surface area contributed by atoms with Crippen molar-refractivity contribution in [1.82, 2.24) is 0 Å². The molecule has 1 nitrogen and oxygen atoms in total. The van der Waals surface area contributed by atoms with Gasteiger partial charge in [-0.05, 0) is 46.6 Å². The number of halogens is 1. The monoisotopic (exact) mass is 288 g/mol. The fourth-order valence-electron chi connectivity index (χ4n) is 1.44. The molecule has 0 amide bonds. The highest BCUT2D eigenvalue weighted by Gasteiger charge is 2.08. The number of rotatable bonds is 2. The lowest BCUT2D eigenvalue weighted by Crippen LogP contribution is -1.98. The molecule has 0 radical (unpaired) electrons. The van der Waals surface area contributed by atoms with E-state index in [2.05, 4.69) is 43.4 Å². The Balaban J connectivity index is 3.31. The van der Waals surface area contributed by atoms with E-state index in [0.29, 0.717) is 5.92 Å². The molecule has 1 aromatic carbocycles. The number of carbonyl (C=O) groups is 1. The summed E-state index contributed by atoms with van der Waals surface area (Å²) in [5, 5.41) is 0. The lowest BCUT2D eigenvalue weighted by atomic mass is 9.96. The van der Waals surface area contributed by atoms with Crippen LogP contribution in [0.3, 0.4) is 0 Å². The number of hydrogen-bond donors (Lipinski definition) is 0. The number of hydrogen-bond acceptors (Lipinski definition) is 1. The summed E-state index contributed by atoms with van der Waals surface area (Å²) in [7, 11) is 0. The number of aldehydes is 1. The maximum atomic E-state index is 10.7. The molecule has 0 saturated heterocycles. The van der Waals surface area contributed by atoms with Gasteiger partial charge in [0.15, 0.2) is 6.29 Å². The van der Waals surface area contributed by atoms with E-state index in [4.69, 9.17) is 0 Å². The molecular weight excluding hydrogens is 275 g/mol. The van der Waals surface area contributed by atoms with Crippen LogP contribution in [0.4, 0.5) is 0 Å². The van der Waals surface area contributed by atoms with Gasteiger partial charge in [0.05, 0.1) is 0 Å². The summed E-state index contributed by atoms with van der Waals surface area (Å²) in [5.74, 6) is 0.522. The Labute approximate surface area is 92.7 Å². The van der Waals surface area contributed by atoms with E-state index >= 15 is 0 Å². The van der Waals surface area contributed by atoms with Crippen LogP contribution in [0.25, 0.3) is 0 Å². The Morgan fingerprint density at radius 3 is 2.46 bits per heavy atom. The Kier molecular flexibility index (Phi) is 3.47. The minimum atomic E-state index is 0.522. The van der Waals surface area contributed by atoms with Crippen LogP contribution < -0.4 is 0 Å². The third kappa shape index (κ3) is 2.10. The van der Waals surface area contributed by atoms with E-state index in [1.165, 1.54) is 11.1 Å². The quantitative estimate of drug-likeness (QED) is 0.601. The van der Waals surface area contributed by atoms with Gasteiger partial charge in [-0.3, -0.25) is 4.79 Å². The van der Waals surface area contributed by atoms with Crippen molar-refractivity contribution < 1.29 is 4.79 Å². The van der Waals surface area contributed by atoms with Gasteiger partial charge in [0.25, 0.3) is 0 Å². The van der Waals surface area contributed by atoms with Gasteiger partial charge >= 0.3 is 0 Å². The summed E-state index contributed by atoms with van der Waals surface area (Å²) in [6.07, 6.45) is 0.916. The molecule has 0 aliphatic heterocycles. The first-order chi connectivity index (χ1) is 6.07. The third-order valence-corrected chi connectivity index (χ3v) is 3.64. The molecule has 0 N–H and O–H groups in total. The molecule has 0 bridgehead atoms. The maximum absolute atomic E-state index is 10.7. The smallest absolute Gasteiger partial charge is 0.151 e. The van der Waals surface area contributed by atoms with Crippen LogP contribution in [0.2, 0.25) is 0 Å². The molecule has 0 aromatic heterocycles. The van der Waals surface area contributed by atoms with Crippen molar-refractivity contribution in [3.8, 4) is 0 Å². The van der Waals surface area contributed by atoms with Crippen LogP contribution in [-0.4, -0.2) is 6.29 Å². The molecule has 1 aromatic rings. The van der Waals surface area contributed by atoms with Crippen LogP contribution in [0.15, 0.2) is 12.1 Å². The lowest BCUT2D eigenvalue weighted by molar-refractivity contribution is 0.112. The first kappa shape index (κ1) is 10.7. The molecule has 2 heteroatoms. The van der Waals surface area contributed by atoms with Crippen molar-refractivity contribution in [2.75, 3.05) is 0 Å². The molecular formula is C11H13IO. The first-order valence-corrected chi connectivity index (χ1v) is 5.40. The van der Waals surface area contributed by atoms with E-state index in [9.17, 15) is 4.79 Å². The largest absolute Gasteiger partial charge is 0.298 e. The molecule has 13 heavy (non-hydrogen) atoms. The Bertz CT molecular complexity index is 329. The summed E-state index contributed by atoms with van der Waals surface area (Å²) in [5.41, 5.74) is 3.36. The van der Waals surface area contributed by atoms with Crippen LogP contribution in [0.1, 0.15) is 41.3 Å². The average molecular weight is 288 g/mol. The fraction of sp³-hybridized carbons (Fsp3) is 0.364. The van der Waals surface area contributed by atoms with Gasteiger partial charge in [0, 0.05) is 9.13 Å². The molecule has 0 saturated carbocycles. The molecule has 0 heterocycles. The molecule has 0 fully saturated rings. The molecule has 0 unspecified atom stereocenters. The van der Waals surface area contributed by atoms with Crippen LogP contribution in [0.5, 0.6) is 0 Å². The average Bonchev–Trinajstić information content (AvgIpc) is 2.09. The summed E-state index contributed by atoms with van der Waals surface area (Å²) in [6.45, 7) is 6.40. The predicted molar refractivity (Wildman–Crippen MR) is 63.4 cm³/mol. The van der Waals surface area contributed by atoms with Crippen molar-refractivity contribution in [3.63, 3.8) is 0 Å². The summed E-state index contributed by atoms with van der Waals surface area (Å²) in [4.78, 5) is 10.7. The highest BCUT2D eigenvalue weighted by atomic mass is 127. The summed E-state index contributed by atoms with van der Waals surface area (Å²) in [6, 6.07) is 3.95. The van der Waals surface area contributed by atoms with Crippen LogP contribution in [0, 0.1) is 10.5 Å². The van der Waals surface area contributed by atoms with Crippen molar-refractivity contribution in [3.05, 3.63) is 32.4 Å². The standard InChI is InChI=1S/C11H13IO/c1-7(2)10-5-4-9(6-13)11(12)8(10)3/h4-7H,1-3H3. The second-order valence-corrected chi connectivity index (χ2v) is 4.53. The van der Waals surface area contributed by atoms with E-state index < -0.39 is 0 Å². The van der Waals surface area contributed by atoms with Crippen molar-refractivity contribution in [2.24, 2.45) is 0 Å². The van der Waals surface area contributed by atoms with Crippen LogP contribution in [-0.2, 0) is 0 Å². The minimum Gasteiger partial charge on any atom is -0.298 e. The topological polar surface area (TPSA) is 17.1 Å². The predicted octanol–water partition coefficient (Wildman–Crippen LogP) is 3.54. The number of carbonyl (C=O) groups excluding carboxylic acids is 1. The third-order valence-electron chi connectivity index (χ3n) is 2.21. The lowest BCUT2D eigenvalue weighted by Gasteiger charge is -2.12. The highest BCUT2D eigenvalue weighted by molar-refractivity contribution is 14.1. The zero-order chi connectivity index (χ0) is 10.0. The van der Waals surface area contributed by atoms with Gasteiger partial charge in [-0.15, -0.1) is 0 Å². The number of benzene rings is 1. The van der Waals surface area contributed by atoms with Gasteiger partial charge < -0.3 is 0 Å². The van der Waals surface area contributed by atoms with Gasteiger partial charge in [-0.1, -0.05) is 26.0 Å². The van der Waals surface area contributed by atoms with Gasteiger partial charge in [-0.2, -0.15) is 0 Å². The van der Waals surface area contributed by atoms with E-state index in [1.54, 1.807) is 0 Å². The minimum absolute atomic E-state index is 0.522. The zero-order valence-electron chi connectivity index (χ0n) is 8.10. The maximum Gasteiger partial charge on any atom is 0.151 e. The molecule has 0 atom stereocenters. The zero-order valence-corrected chi connectivity index (χ0v) is 10.3. The van der Waals surface area contributed by atoms with Crippen molar-refractivity contribution in [1.29, 1.82) is 0 Å². The van der Waals surface area contributed by atoms with E-state index in [1.807, 2.05) is 12.1 Å². The molecule has 0 aliphatic carbocycles. The Morgan fingerprint density at radius 1 is 1.38 bits per heavy atom. The van der Waals surface area contributed by atoms with Crippen molar-refractivity contribution >= 4 is 28.9 Å². The molecule has 1 rings (SSSR count). The Hall–Kier alpha value is -0.380. The van der Waals surface area contributed by atoms with E-state index in [-0.39, 0.29) is 0 Å². The second-order valence-electron chi connectivity index (χ2n) is 3.46. The summed E-state index contributed by atoms with van der Waals surface area (Å²) < 4.78 is 1.08. The van der Waals surface area contributed by atoms with E-state index in [0.717, 1.165) is 15.4 Å². The SMILES string of the molecule is Cc1c(C(C)C)ccc(C=O)c1I. The highest BCUT2D eigenvalue weighted by Crippen LogP contribution is 2.25. The molecule has 0 aliphatic rings. The molecule has 70 valence electrons. The van der Waals surface area contributed by atoms with Gasteiger partial charge in [0.2, 0.25) is 0 Å².